The van der Waals surface area contributed by atoms with Gasteiger partial charge < -0.3 is 10.6 Å². The zero-order valence-electron chi connectivity index (χ0n) is 18.5. The molecular weight excluding hydrogens is 420 g/mol. The molecule has 0 aliphatic heterocycles. The lowest BCUT2D eigenvalue weighted by molar-refractivity contribution is -0.118. The van der Waals surface area contributed by atoms with Crippen molar-refractivity contribution in [3.8, 4) is 0 Å². The number of anilines is 1. The van der Waals surface area contributed by atoms with Gasteiger partial charge in [-0.3, -0.25) is 19.3 Å². The van der Waals surface area contributed by atoms with Gasteiger partial charge in [-0.05, 0) is 74.7 Å². The number of amides is 2. The van der Waals surface area contributed by atoms with E-state index in [4.69, 9.17) is 0 Å². The van der Waals surface area contributed by atoms with Crippen molar-refractivity contribution in [1.82, 2.24) is 15.0 Å². The zero-order valence-corrected chi connectivity index (χ0v) is 19.3. The maximum absolute atomic E-state index is 13.1. The Morgan fingerprint density at radius 3 is 2.25 bits per heavy atom. The Hall–Kier alpha value is -3.16. The highest BCUT2D eigenvalue weighted by Gasteiger charge is 2.22. The maximum Gasteiger partial charge on any atom is 0.270 e. The van der Waals surface area contributed by atoms with Crippen LogP contribution in [0.4, 0.5) is 5.69 Å². The Labute approximate surface area is 193 Å². The van der Waals surface area contributed by atoms with Crippen molar-refractivity contribution in [3.63, 3.8) is 0 Å². The molecule has 3 rings (SSSR count). The number of benzene rings is 2. The summed E-state index contributed by atoms with van der Waals surface area (Å²) < 4.78 is 3.36. The van der Waals surface area contributed by atoms with E-state index in [0.29, 0.717) is 12.1 Å². The average molecular weight is 449 g/mol. The molecule has 0 spiro atoms. The summed E-state index contributed by atoms with van der Waals surface area (Å²) in [5.41, 5.74) is 1.88. The van der Waals surface area contributed by atoms with Crippen molar-refractivity contribution in [1.29, 1.82) is 0 Å². The van der Waals surface area contributed by atoms with Crippen molar-refractivity contribution in [2.75, 3.05) is 5.32 Å². The van der Waals surface area contributed by atoms with Gasteiger partial charge in [0.2, 0.25) is 5.91 Å². The van der Waals surface area contributed by atoms with Crippen LogP contribution in [0.3, 0.4) is 0 Å². The molecule has 6 nitrogen and oxygen atoms in total. The summed E-state index contributed by atoms with van der Waals surface area (Å²) in [6.45, 7) is 6.29. The van der Waals surface area contributed by atoms with Crippen LogP contribution in [0.15, 0.2) is 83.9 Å². The third kappa shape index (κ3) is 7.51. The Morgan fingerprint density at radius 1 is 0.938 bits per heavy atom. The molecule has 0 aliphatic carbocycles. The third-order valence-electron chi connectivity index (χ3n) is 4.40. The standard InChI is InChI=1S/C25H28N4O2S/c1-25(2,3)29-32-20-14-12-19(13-15-20)27-24(31)22(17-18-9-5-4-6-10-18)28-23(30)21-11-7-8-16-26-21/h4-16,22,29H,17H2,1-3H3,(H,27,31)(H,28,30). The predicted molar refractivity (Wildman–Crippen MR) is 129 cm³/mol. The fourth-order valence-electron chi connectivity index (χ4n) is 2.84. The smallest absolute Gasteiger partial charge is 0.270 e. The van der Waals surface area contributed by atoms with E-state index in [9.17, 15) is 9.59 Å². The molecule has 0 radical (unpaired) electrons. The lowest BCUT2D eigenvalue weighted by atomic mass is 10.0. The minimum absolute atomic E-state index is 0.00592. The van der Waals surface area contributed by atoms with Crippen LogP contribution in [0.5, 0.6) is 0 Å². The summed E-state index contributed by atoms with van der Waals surface area (Å²) in [5.74, 6) is -0.673. The fraction of sp³-hybridized carbons (Fsp3) is 0.240. The Kier molecular flexibility index (Phi) is 8.03. The largest absolute Gasteiger partial charge is 0.339 e. The van der Waals surface area contributed by atoms with Gasteiger partial charge in [0.1, 0.15) is 11.7 Å². The topological polar surface area (TPSA) is 83.1 Å². The molecule has 166 valence electrons. The van der Waals surface area contributed by atoms with Crippen molar-refractivity contribution in [2.45, 2.75) is 43.7 Å². The Morgan fingerprint density at radius 2 is 1.62 bits per heavy atom. The van der Waals surface area contributed by atoms with Crippen LogP contribution in [0, 0.1) is 0 Å². The molecule has 3 N–H and O–H groups in total. The van der Waals surface area contributed by atoms with Gasteiger partial charge in [0, 0.05) is 28.7 Å². The molecule has 1 unspecified atom stereocenters. The average Bonchev–Trinajstić information content (AvgIpc) is 2.79. The van der Waals surface area contributed by atoms with Gasteiger partial charge in [-0.1, -0.05) is 36.4 Å². The van der Waals surface area contributed by atoms with Gasteiger partial charge in [0.15, 0.2) is 0 Å². The molecule has 0 bridgehead atoms. The van der Waals surface area contributed by atoms with E-state index in [0.717, 1.165) is 10.5 Å². The van der Waals surface area contributed by atoms with Crippen molar-refractivity contribution in [2.24, 2.45) is 0 Å². The first-order chi connectivity index (χ1) is 15.3. The molecule has 0 saturated carbocycles. The highest BCUT2D eigenvalue weighted by Crippen LogP contribution is 2.20. The first kappa shape index (κ1) is 23.5. The summed E-state index contributed by atoms with van der Waals surface area (Å²) in [4.78, 5) is 30.8. The highest BCUT2D eigenvalue weighted by molar-refractivity contribution is 7.97. The lowest BCUT2D eigenvalue weighted by Crippen LogP contribution is -2.45. The molecule has 32 heavy (non-hydrogen) atoms. The van der Waals surface area contributed by atoms with Crippen LogP contribution >= 0.6 is 11.9 Å². The van der Waals surface area contributed by atoms with Crippen LogP contribution in [0.25, 0.3) is 0 Å². The molecule has 0 aliphatic rings. The second kappa shape index (κ2) is 10.9. The number of carbonyl (C=O) groups excluding carboxylic acids is 2. The molecule has 0 saturated heterocycles. The normalized spacial score (nSPS) is 12.1. The van der Waals surface area contributed by atoms with E-state index in [-0.39, 0.29) is 23.0 Å². The SMILES string of the molecule is CC(C)(C)NSc1ccc(NC(=O)C(Cc2ccccc2)NC(=O)c2ccccn2)cc1. The highest BCUT2D eigenvalue weighted by atomic mass is 32.2. The van der Waals surface area contributed by atoms with E-state index in [1.807, 2.05) is 54.6 Å². The van der Waals surface area contributed by atoms with E-state index >= 15 is 0 Å². The first-order valence-corrected chi connectivity index (χ1v) is 11.2. The van der Waals surface area contributed by atoms with Crippen LogP contribution < -0.4 is 15.4 Å². The molecule has 2 aromatic carbocycles. The quantitative estimate of drug-likeness (QED) is 0.443. The molecule has 1 aromatic heterocycles. The van der Waals surface area contributed by atoms with Crippen molar-refractivity contribution in [3.05, 3.63) is 90.3 Å². The van der Waals surface area contributed by atoms with Gasteiger partial charge in [-0.15, -0.1) is 0 Å². The van der Waals surface area contributed by atoms with Crippen LogP contribution in [-0.2, 0) is 11.2 Å². The summed E-state index contributed by atoms with van der Waals surface area (Å²) in [5, 5.41) is 5.74. The van der Waals surface area contributed by atoms with Crippen LogP contribution in [0.1, 0.15) is 36.8 Å². The van der Waals surface area contributed by atoms with Crippen molar-refractivity contribution >= 4 is 29.4 Å². The first-order valence-electron chi connectivity index (χ1n) is 10.4. The van der Waals surface area contributed by atoms with E-state index in [2.05, 4.69) is 41.1 Å². The molecular formula is C25H28N4O2S. The van der Waals surface area contributed by atoms with E-state index in [1.165, 1.54) is 0 Å². The number of nitrogens with one attached hydrogen (secondary N) is 3. The van der Waals surface area contributed by atoms with Gasteiger partial charge in [-0.25, -0.2) is 0 Å². The van der Waals surface area contributed by atoms with Gasteiger partial charge in [0.05, 0.1) is 0 Å². The summed E-state index contributed by atoms with van der Waals surface area (Å²) in [6.07, 6.45) is 1.92. The molecule has 3 aromatic rings. The number of hydrogen-bond donors (Lipinski definition) is 3. The molecule has 2 amide bonds. The monoisotopic (exact) mass is 448 g/mol. The fourth-order valence-corrected chi connectivity index (χ4v) is 3.53. The van der Waals surface area contributed by atoms with Crippen LogP contribution in [-0.4, -0.2) is 28.4 Å². The number of pyridine rings is 1. The van der Waals surface area contributed by atoms with Gasteiger partial charge in [0.25, 0.3) is 5.91 Å². The second-order valence-electron chi connectivity index (χ2n) is 8.40. The Balaban J connectivity index is 1.69. The predicted octanol–water partition coefficient (Wildman–Crippen LogP) is 4.46. The molecule has 1 atom stereocenters. The number of carbonyl (C=O) groups is 2. The van der Waals surface area contributed by atoms with Crippen LogP contribution in [0.2, 0.25) is 0 Å². The minimum Gasteiger partial charge on any atom is -0.339 e. The van der Waals surface area contributed by atoms with Crippen molar-refractivity contribution < 1.29 is 9.59 Å². The molecule has 0 fully saturated rings. The minimum atomic E-state index is -0.747. The number of hydrogen-bond acceptors (Lipinski definition) is 5. The number of aromatic nitrogens is 1. The van der Waals surface area contributed by atoms with Gasteiger partial charge in [-0.2, -0.15) is 0 Å². The van der Waals surface area contributed by atoms with E-state index in [1.54, 1.807) is 36.3 Å². The van der Waals surface area contributed by atoms with Gasteiger partial charge >= 0.3 is 0 Å². The Bertz CT molecular complexity index is 1020. The summed E-state index contributed by atoms with van der Waals surface area (Å²) in [6, 6.07) is 21.5. The van der Waals surface area contributed by atoms with E-state index < -0.39 is 6.04 Å². The lowest BCUT2D eigenvalue weighted by Gasteiger charge is -2.20. The zero-order chi connectivity index (χ0) is 23.0. The summed E-state index contributed by atoms with van der Waals surface area (Å²) >= 11 is 1.54. The molecule has 1 heterocycles. The number of nitrogens with zero attached hydrogens (tertiary/aromatic N) is 1. The maximum atomic E-state index is 13.1. The second-order valence-corrected chi connectivity index (χ2v) is 9.28. The number of rotatable bonds is 8. The molecule has 7 heteroatoms. The summed E-state index contributed by atoms with van der Waals surface area (Å²) in [7, 11) is 0. The third-order valence-corrected chi connectivity index (χ3v) is 5.62.